The average Bonchev–Trinajstić information content (AvgIpc) is 2.67. The molecule has 0 saturated carbocycles. The van der Waals surface area contributed by atoms with Crippen LogP contribution in [0.2, 0.25) is 0 Å². The van der Waals surface area contributed by atoms with Crippen LogP contribution < -0.4 is 10.2 Å². The lowest BCUT2D eigenvalue weighted by Crippen LogP contribution is -2.32. The van der Waals surface area contributed by atoms with Crippen molar-refractivity contribution in [3.05, 3.63) is 24.0 Å². The summed E-state index contributed by atoms with van der Waals surface area (Å²) in [6.45, 7) is 4.75. The van der Waals surface area contributed by atoms with Gasteiger partial charge in [-0.3, -0.25) is 0 Å². The minimum Gasteiger partial charge on any atom is -0.341 e. The Labute approximate surface area is 106 Å². The van der Waals surface area contributed by atoms with E-state index in [1.165, 1.54) is 12.1 Å². The van der Waals surface area contributed by atoms with E-state index >= 15 is 0 Å². The minimum atomic E-state index is -0.245. The van der Waals surface area contributed by atoms with Gasteiger partial charge in [-0.15, -0.1) is 0 Å². The maximum Gasteiger partial charge on any atom is 0.206 e. The number of nitrogens with zero attached hydrogens (tertiary/aromatic N) is 3. The number of benzene rings is 1. The van der Waals surface area contributed by atoms with Gasteiger partial charge >= 0.3 is 0 Å². The number of aryl methyl sites for hydroxylation is 1. The van der Waals surface area contributed by atoms with E-state index in [1.54, 1.807) is 6.07 Å². The summed E-state index contributed by atoms with van der Waals surface area (Å²) in [6, 6.07) is 4.72. The molecule has 1 aromatic heterocycles. The SMILES string of the molecule is CCN(CCNC)c1nc2cc(F)ccc2n1C. The lowest BCUT2D eigenvalue weighted by Gasteiger charge is -2.21. The van der Waals surface area contributed by atoms with Gasteiger partial charge in [-0.1, -0.05) is 0 Å². The van der Waals surface area contributed by atoms with Crippen molar-refractivity contribution in [3.63, 3.8) is 0 Å². The maximum absolute atomic E-state index is 13.2. The first-order valence-corrected chi connectivity index (χ1v) is 6.19. The van der Waals surface area contributed by atoms with Gasteiger partial charge in [0.15, 0.2) is 0 Å². The number of fused-ring (bicyclic) bond motifs is 1. The molecule has 4 nitrogen and oxygen atoms in total. The molecule has 0 aliphatic carbocycles. The van der Waals surface area contributed by atoms with Crippen molar-refractivity contribution in [2.24, 2.45) is 7.05 Å². The number of hydrogen-bond donors (Lipinski definition) is 1. The molecule has 0 aliphatic heterocycles. The lowest BCUT2D eigenvalue weighted by molar-refractivity contribution is 0.629. The van der Waals surface area contributed by atoms with Crippen LogP contribution >= 0.6 is 0 Å². The van der Waals surface area contributed by atoms with Crippen molar-refractivity contribution in [2.75, 3.05) is 31.6 Å². The molecule has 18 heavy (non-hydrogen) atoms. The Bertz CT molecular complexity index is 535. The van der Waals surface area contributed by atoms with E-state index in [4.69, 9.17) is 0 Å². The first-order valence-electron chi connectivity index (χ1n) is 6.19. The molecule has 0 spiro atoms. The van der Waals surface area contributed by atoms with Gasteiger partial charge in [-0.2, -0.15) is 0 Å². The third kappa shape index (κ3) is 2.31. The van der Waals surface area contributed by atoms with Crippen molar-refractivity contribution in [2.45, 2.75) is 6.92 Å². The van der Waals surface area contributed by atoms with Crippen LogP contribution in [0, 0.1) is 5.82 Å². The van der Waals surface area contributed by atoms with Crippen molar-refractivity contribution in [3.8, 4) is 0 Å². The number of halogens is 1. The fourth-order valence-electron chi connectivity index (χ4n) is 2.09. The molecule has 5 heteroatoms. The van der Waals surface area contributed by atoms with Crippen LogP contribution in [-0.2, 0) is 7.05 Å². The zero-order chi connectivity index (χ0) is 13.1. The molecular formula is C13H19FN4. The number of aromatic nitrogens is 2. The number of anilines is 1. The van der Waals surface area contributed by atoms with Gasteiger partial charge in [0.1, 0.15) is 5.82 Å². The molecule has 1 aromatic carbocycles. The molecule has 1 N–H and O–H groups in total. The summed E-state index contributed by atoms with van der Waals surface area (Å²) in [5.41, 5.74) is 1.66. The van der Waals surface area contributed by atoms with Crippen molar-refractivity contribution in [1.29, 1.82) is 0 Å². The molecule has 0 saturated heterocycles. The van der Waals surface area contributed by atoms with Gasteiger partial charge in [0, 0.05) is 32.7 Å². The van der Waals surface area contributed by atoms with Gasteiger partial charge < -0.3 is 14.8 Å². The van der Waals surface area contributed by atoms with Crippen molar-refractivity contribution >= 4 is 17.0 Å². The van der Waals surface area contributed by atoms with E-state index < -0.39 is 0 Å². The van der Waals surface area contributed by atoms with Gasteiger partial charge in [-0.25, -0.2) is 9.37 Å². The lowest BCUT2D eigenvalue weighted by atomic mass is 10.3. The summed E-state index contributed by atoms with van der Waals surface area (Å²) in [7, 11) is 3.89. The van der Waals surface area contributed by atoms with E-state index in [1.807, 2.05) is 18.7 Å². The van der Waals surface area contributed by atoms with E-state index in [0.29, 0.717) is 5.52 Å². The predicted molar refractivity (Wildman–Crippen MR) is 72.5 cm³/mol. The predicted octanol–water partition coefficient (Wildman–Crippen LogP) is 1.76. The topological polar surface area (TPSA) is 33.1 Å². The molecule has 98 valence electrons. The van der Waals surface area contributed by atoms with E-state index in [-0.39, 0.29) is 5.82 Å². The average molecular weight is 250 g/mol. The van der Waals surface area contributed by atoms with Crippen LogP contribution in [0.5, 0.6) is 0 Å². The van der Waals surface area contributed by atoms with Crippen LogP contribution in [0.3, 0.4) is 0 Å². The maximum atomic E-state index is 13.2. The number of hydrogen-bond acceptors (Lipinski definition) is 3. The molecule has 0 bridgehead atoms. The summed E-state index contributed by atoms with van der Waals surface area (Å²) in [5.74, 6) is 0.638. The second-order valence-corrected chi connectivity index (χ2v) is 4.29. The first-order chi connectivity index (χ1) is 8.67. The summed E-state index contributed by atoms with van der Waals surface area (Å²) in [5, 5.41) is 3.13. The Morgan fingerprint density at radius 1 is 1.44 bits per heavy atom. The van der Waals surface area contributed by atoms with Gasteiger partial charge in [0.05, 0.1) is 11.0 Å². The molecule has 1 heterocycles. The molecular weight excluding hydrogens is 231 g/mol. The molecule has 0 aliphatic rings. The summed E-state index contributed by atoms with van der Waals surface area (Å²) < 4.78 is 15.2. The molecule has 2 rings (SSSR count). The minimum absolute atomic E-state index is 0.245. The fourth-order valence-corrected chi connectivity index (χ4v) is 2.09. The molecule has 0 fully saturated rings. The van der Waals surface area contributed by atoms with Crippen LogP contribution in [0.15, 0.2) is 18.2 Å². The number of imidazole rings is 1. The number of likely N-dealkylation sites (N-methyl/N-ethyl adjacent to an activating group) is 2. The second-order valence-electron chi connectivity index (χ2n) is 4.29. The summed E-state index contributed by atoms with van der Waals surface area (Å²) in [6.07, 6.45) is 0. The molecule has 0 radical (unpaired) electrons. The third-order valence-corrected chi connectivity index (χ3v) is 3.12. The summed E-state index contributed by atoms with van der Waals surface area (Å²) >= 11 is 0. The zero-order valence-electron chi connectivity index (χ0n) is 11.1. The Morgan fingerprint density at radius 3 is 2.89 bits per heavy atom. The normalized spacial score (nSPS) is 11.1. The standard InChI is InChI=1S/C13H19FN4/c1-4-18(8-7-15-2)13-16-11-9-10(14)5-6-12(11)17(13)3/h5-6,9,15H,4,7-8H2,1-3H3. The summed E-state index contributed by atoms with van der Waals surface area (Å²) in [4.78, 5) is 6.69. The van der Waals surface area contributed by atoms with Gasteiger partial charge in [-0.05, 0) is 26.1 Å². The molecule has 0 amide bonds. The Kier molecular flexibility index (Phi) is 3.81. The molecule has 2 aromatic rings. The van der Waals surface area contributed by atoms with Crippen LogP contribution in [0.1, 0.15) is 6.92 Å². The highest BCUT2D eigenvalue weighted by Gasteiger charge is 2.13. The van der Waals surface area contributed by atoms with Gasteiger partial charge in [0.2, 0.25) is 5.95 Å². The fraction of sp³-hybridized carbons (Fsp3) is 0.462. The number of nitrogens with one attached hydrogen (secondary N) is 1. The monoisotopic (exact) mass is 250 g/mol. The molecule has 0 atom stereocenters. The quantitative estimate of drug-likeness (QED) is 0.877. The van der Waals surface area contributed by atoms with Crippen molar-refractivity contribution in [1.82, 2.24) is 14.9 Å². The second kappa shape index (κ2) is 5.35. The van der Waals surface area contributed by atoms with E-state index in [2.05, 4.69) is 22.1 Å². The highest BCUT2D eigenvalue weighted by Crippen LogP contribution is 2.21. The third-order valence-electron chi connectivity index (χ3n) is 3.12. The Hall–Kier alpha value is -1.62. The first kappa shape index (κ1) is 12.8. The Balaban J connectivity index is 2.40. The van der Waals surface area contributed by atoms with Crippen LogP contribution in [0.25, 0.3) is 11.0 Å². The van der Waals surface area contributed by atoms with Crippen LogP contribution in [-0.4, -0.2) is 36.2 Å². The van der Waals surface area contributed by atoms with Gasteiger partial charge in [0.25, 0.3) is 0 Å². The van der Waals surface area contributed by atoms with Crippen LogP contribution in [0.4, 0.5) is 10.3 Å². The van der Waals surface area contributed by atoms with E-state index in [9.17, 15) is 4.39 Å². The van der Waals surface area contributed by atoms with E-state index in [0.717, 1.165) is 31.1 Å². The zero-order valence-corrected chi connectivity index (χ0v) is 11.1. The highest BCUT2D eigenvalue weighted by molar-refractivity contribution is 5.78. The number of rotatable bonds is 5. The highest BCUT2D eigenvalue weighted by atomic mass is 19.1. The largest absolute Gasteiger partial charge is 0.341 e. The molecule has 0 unspecified atom stereocenters. The smallest absolute Gasteiger partial charge is 0.206 e. The Morgan fingerprint density at radius 2 is 2.22 bits per heavy atom. The van der Waals surface area contributed by atoms with Crippen molar-refractivity contribution < 1.29 is 4.39 Å².